The van der Waals surface area contributed by atoms with Crippen molar-refractivity contribution < 1.29 is 19.4 Å². The normalized spacial score (nSPS) is 9.72. The third kappa shape index (κ3) is 2.91. The Hall–Kier alpha value is -2.24. The summed E-state index contributed by atoms with van der Waals surface area (Å²) in [5, 5.41) is 12.2. The number of carbonyl (C=O) groups is 2. The molecule has 1 rings (SSSR count). The standard InChI is InChI=1S/C12H16N2O4/c1-13-10(15)7-14(2)12(17)8-5-4-6-9(18-3)11(8)16/h4-6,16H,7H2,1-3H3,(H,13,15). The minimum atomic E-state index is -0.449. The van der Waals surface area contributed by atoms with Gasteiger partial charge in [-0.3, -0.25) is 9.59 Å². The van der Waals surface area contributed by atoms with E-state index in [1.165, 1.54) is 32.2 Å². The largest absolute Gasteiger partial charge is 0.504 e. The maximum Gasteiger partial charge on any atom is 0.257 e. The van der Waals surface area contributed by atoms with E-state index in [1.807, 2.05) is 0 Å². The second kappa shape index (κ2) is 5.90. The Balaban J connectivity index is 2.93. The van der Waals surface area contributed by atoms with Gasteiger partial charge in [0.15, 0.2) is 11.5 Å². The van der Waals surface area contributed by atoms with E-state index in [4.69, 9.17) is 4.74 Å². The molecule has 0 fully saturated rings. The zero-order valence-electron chi connectivity index (χ0n) is 10.6. The zero-order valence-corrected chi connectivity index (χ0v) is 10.6. The Bertz CT molecular complexity index is 459. The number of likely N-dealkylation sites (N-methyl/N-ethyl adjacent to an activating group) is 2. The molecule has 0 spiro atoms. The number of hydrogen-bond acceptors (Lipinski definition) is 4. The average molecular weight is 252 g/mol. The number of para-hydroxylation sites is 1. The fourth-order valence-corrected chi connectivity index (χ4v) is 1.43. The number of phenolic OH excluding ortho intramolecular Hbond substituents is 1. The van der Waals surface area contributed by atoms with Crippen molar-refractivity contribution in [3.8, 4) is 11.5 Å². The van der Waals surface area contributed by atoms with Crippen LogP contribution in [0.15, 0.2) is 18.2 Å². The molecule has 0 radical (unpaired) electrons. The number of nitrogens with zero attached hydrogens (tertiary/aromatic N) is 1. The Labute approximate surface area is 105 Å². The molecule has 1 aromatic carbocycles. The van der Waals surface area contributed by atoms with Crippen LogP contribution in [-0.2, 0) is 4.79 Å². The molecule has 18 heavy (non-hydrogen) atoms. The minimum Gasteiger partial charge on any atom is -0.504 e. The van der Waals surface area contributed by atoms with Gasteiger partial charge in [-0.25, -0.2) is 0 Å². The highest BCUT2D eigenvalue weighted by Gasteiger charge is 2.19. The summed E-state index contributed by atoms with van der Waals surface area (Å²) in [5.41, 5.74) is 0.0979. The second-order valence-electron chi connectivity index (χ2n) is 3.69. The molecule has 0 aliphatic carbocycles. The fraction of sp³-hybridized carbons (Fsp3) is 0.333. The van der Waals surface area contributed by atoms with Crippen LogP contribution in [0.4, 0.5) is 0 Å². The van der Waals surface area contributed by atoms with Gasteiger partial charge in [0, 0.05) is 14.1 Å². The molecule has 98 valence electrons. The van der Waals surface area contributed by atoms with Crippen molar-refractivity contribution in [1.29, 1.82) is 0 Å². The van der Waals surface area contributed by atoms with Gasteiger partial charge in [-0.1, -0.05) is 6.07 Å². The minimum absolute atomic E-state index is 0.0774. The van der Waals surface area contributed by atoms with E-state index < -0.39 is 5.91 Å². The Kier molecular flexibility index (Phi) is 4.53. The highest BCUT2D eigenvalue weighted by molar-refractivity contribution is 5.99. The lowest BCUT2D eigenvalue weighted by atomic mass is 10.1. The monoisotopic (exact) mass is 252 g/mol. The van der Waals surface area contributed by atoms with Crippen molar-refractivity contribution in [2.75, 3.05) is 27.7 Å². The number of amides is 2. The molecule has 0 atom stereocenters. The first-order chi connectivity index (χ1) is 8.51. The van der Waals surface area contributed by atoms with Crippen molar-refractivity contribution in [2.45, 2.75) is 0 Å². The lowest BCUT2D eigenvalue weighted by Crippen LogP contribution is -2.36. The van der Waals surface area contributed by atoms with E-state index in [1.54, 1.807) is 12.1 Å². The first-order valence-electron chi connectivity index (χ1n) is 5.33. The van der Waals surface area contributed by atoms with Crippen molar-refractivity contribution in [3.63, 3.8) is 0 Å². The lowest BCUT2D eigenvalue weighted by Gasteiger charge is -2.17. The van der Waals surface area contributed by atoms with Gasteiger partial charge in [-0.05, 0) is 12.1 Å². The van der Waals surface area contributed by atoms with Gasteiger partial charge in [-0.2, -0.15) is 0 Å². The van der Waals surface area contributed by atoms with Crippen LogP contribution >= 0.6 is 0 Å². The van der Waals surface area contributed by atoms with E-state index >= 15 is 0 Å². The van der Waals surface area contributed by atoms with E-state index in [0.29, 0.717) is 0 Å². The number of ether oxygens (including phenoxy) is 1. The molecule has 0 saturated heterocycles. The van der Waals surface area contributed by atoms with Crippen LogP contribution in [0, 0.1) is 0 Å². The average Bonchev–Trinajstić information content (AvgIpc) is 2.38. The van der Waals surface area contributed by atoms with Crippen LogP contribution in [0.1, 0.15) is 10.4 Å². The summed E-state index contributed by atoms with van der Waals surface area (Å²) in [6, 6.07) is 4.62. The quantitative estimate of drug-likeness (QED) is 0.803. The van der Waals surface area contributed by atoms with E-state index in [2.05, 4.69) is 5.32 Å². The summed E-state index contributed by atoms with van der Waals surface area (Å²) >= 11 is 0. The summed E-state index contributed by atoms with van der Waals surface area (Å²) in [7, 11) is 4.37. The van der Waals surface area contributed by atoms with Crippen molar-refractivity contribution in [2.24, 2.45) is 0 Å². The van der Waals surface area contributed by atoms with Crippen molar-refractivity contribution in [1.82, 2.24) is 10.2 Å². The van der Waals surface area contributed by atoms with E-state index in [9.17, 15) is 14.7 Å². The first kappa shape index (κ1) is 13.8. The third-order valence-electron chi connectivity index (χ3n) is 2.46. The molecule has 6 heteroatoms. The summed E-state index contributed by atoms with van der Waals surface area (Å²) in [6.07, 6.45) is 0. The summed E-state index contributed by atoms with van der Waals surface area (Å²) in [6.45, 7) is -0.0774. The smallest absolute Gasteiger partial charge is 0.257 e. The van der Waals surface area contributed by atoms with Crippen LogP contribution in [0.25, 0.3) is 0 Å². The highest BCUT2D eigenvalue weighted by atomic mass is 16.5. The molecule has 0 aliphatic heterocycles. The molecule has 6 nitrogen and oxygen atoms in total. The van der Waals surface area contributed by atoms with Crippen LogP contribution in [-0.4, -0.2) is 49.6 Å². The molecule has 0 heterocycles. The molecule has 0 saturated carbocycles. The molecule has 0 aromatic heterocycles. The topological polar surface area (TPSA) is 78.9 Å². The number of aromatic hydroxyl groups is 1. The number of nitrogens with one attached hydrogen (secondary N) is 1. The molecule has 1 aromatic rings. The highest BCUT2D eigenvalue weighted by Crippen LogP contribution is 2.29. The van der Waals surface area contributed by atoms with Crippen LogP contribution in [0.5, 0.6) is 11.5 Å². The van der Waals surface area contributed by atoms with Crippen LogP contribution < -0.4 is 10.1 Å². The van der Waals surface area contributed by atoms with E-state index in [0.717, 1.165) is 0 Å². The molecule has 2 N–H and O–H groups in total. The van der Waals surface area contributed by atoms with Gasteiger partial charge in [0.05, 0.1) is 19.2 Å². The molecular weight excluding hydrogens is 236 g/mol. The summed E-state index contributed by atoms with van der Waals surface area (Å²) < 4.78 is 4.92. The Morgan fingerprint density at radius 2 is 2.11 bits per heavy atom. The number of rotatable bonds is 4. The van der Waals surface area contributed by atoms with Gasteiger partial charge < -0.3 is 20.1 Å². The molecule has 0 unspecified atom stereocenters. The first-order valence-corrected chi connectivity index (χ1v) is 5.33. The summed E-state index contributed by atoms with van der Waals surface area (Å²) in [5.74, 6) is -0.744. The molecule has 0 bridgehead atoms. The molecule has 2 amide bonds. The number of benzene rings is 1. The van der Waals surface area contributed by atoms with Crippen molar-refractivity contribution >= 4 is 11.8 Å². The predicted octanol–water partition coefficient (Wildman–Crippen LogP) is 0.219. The number of carbonyl (C=O) groups excluding carboxylic acids is 2. The zero-order chi connectivity index (χ0) is 13.7. The van der Waals surface area contributed by atoms with Gasteiger partial charge in [0.25, 0.3) is 5.91 Å². The predicted molar refractivity (Wildman–Crippen MR) is 65.7 cm³/mol. The van der Waals surface area contributed by atoms with Crippen LogP contribution in [0.3, 0.4) is 0 Å². The van der Waals surface area contributed by atoms with Gasteiger partial charge in [0.2, 0.25) is 5.91 Å². The van der Waals surface area contributed by atoms with E-state index in [-0.39, 0.29) is 29.5 Å². The Morgan fingerprint density at radius 1 is 1.44 bits per heavy atom. The molecular formula is C12H16N2O4. The number of hydrogen-bond donors (Lipinski definition) is 2. The van der Waals surface area contributed by atoms with Gasteiger partial charge in [-0.15, -0.1) is 0 Å². The van der Waals surface area contributed by atoms with Crippen molar-refractivity contribution in [3.05, 3.63) is 23.8 Å². The third-order valence-corrected chi connectivity index (χ3v) is 2.46. The second-order valence-corrected chi connectivity index (χ2v) is 3.69. The fourth-order valence-electron chi connectivity index (χ4n) is 1.43. The Morgan fingerprint density at radius 3 is 2.67 bits per heavy atom. The maximum atomic E-state index is 12.0. The molecule has 0 aliphatic rings. The van der Waals surface area contributed by atoms with Crippen LogP contribution in [0.2, 0.25) is 0 Å². The number of phenols is 1. The number of methoxy groups -OCH3 is 1. The van der Waals surface area contributed by atoms with Gasteiger partial charge >= 0.3 is 0 Å². The lowest BCUT2D eigenvalue weighted by molar-refractivity contribution is -0.121. The summed E-state index contributed by atoms with van der Waals surface area (Å²) in [4.78, 5) is 24.4. The van der Waals surface area contributed by atoms with Gasteiger partial charge in [0.1, 0.15) is 0 Å². The SMILES string of the molecule is CNC(=O)CN(C)C(=O)c1cccc(OC)c1O. The maximum absolute atomic E-state index is 12.0.